The van der Waals surface area contributed by atoms with Crippen LogP contribution < -0.4 is 14.8 Å². The van der Waals surface area contributed by atoms with Gasteiger partial charge in [0.2, 0.25) is 0 Å². The summed E-state index contributed by atoms with van der Waals surface area (Å²) in [5.41, 5.74) is 3.62. The first-order valence-electron chi connectivity index (χ1n) is 9.54. The van der Waals surface area contributed by atoms with Gasteiger partial charge in [-0.15, -0.1) is 0 Å². The van der Waals surface area contributed by atoms with Crippen LogP contribution in [0.25, 0.3) is 10.9 Å². The summed E-state index contributed by atoms with van der Waals surface area (Å²) in [6, 6.07) is 13.4. The van der Waals surface area contributed by atoms with Crippen molar-refractivity contribution in [2.24, 2.45) is 0 Å². The molecular weight excluding hydrogens is 352 g/mol. The van der Waals surface area contributed by atoms with Crippen LogP contribution in [0.4, 0.5) is 5.69 Å². The molecule has 146 valence electrons. The summed E-state index contributed by atoms with van der Waals surface area (Å²) in [5, 5.41) is 3.79. The number of nitrogens with one attached hydrogen (secondary N) is 1. The number of pyridine rings is 1. The van der Waals surface area contributed by atoms with Gasteiger partial charge in [-0.2, -0.15) is 0 Å². The van der Waals surface area contributed by atoms with Crippen LogP contribution in [0.2, 0.25) is 0 Å². The van der Waals surface area contributed by atoms with Crippen LogP contribution >= 0.6 is 0 Å². The Morgan fingerprint density at radius 3 is 2.61 bits per heavy atom. The molecule has 0 unspecified atom stereocenters. The Labute approximate surface area is 165 Å². The molecule has 0 aliphatic carbocycles. The SMILES string of the molecule is CCCOc1ccc(NC(=O)[C@H](C)Oc2cc(C)cc(C)c2)c2cccnc12. The van der Waals surface area contributed by atoms with E-state index in [1.54, 1.807) is 13.1 Å². The molecule has 5 heteroatoms. The molecule has 0 saturated heterocycles. The summed E-state index contributed by atoms with van der Waals surface area (Å²) in [6.45, 7) is 8.43. The number of fused-ring (bicyclic) bond motifs is 1. The maximum atomic E-state index is 12.7. The lowest BCUT2D eigenvalue weighted by Crippen LogP contribution is -2.30. The Bertz CT molecular complexity index is 964. The highest BCUT2D eigenvalue weighted by atomic mass is 16.5. The standard InChI is InChI=1S/C23H26N2O3/c1-5-11-27-21-9-8-20(19-7-6-10-24-22(19)21)25-23(26)17(4)28-18-13-15(2)12-16(3)14-18/h6-10,12-14,17H,5,11H2,1-4H3,(H,25,26)/t17-/m0/s1. The molecule has 5 nitrogen and oxygen atoms in total. The van der Waals surface area contributed by atoms with Crippen molar-refractivity contribution in [1.29, 1.82) is 0 Å². The van der Waals surface area contributed by atoms with E-state index in [1.165, 1.54) is 0 Å². The number of aryl methyl sites for hydroxylation is 2. The first kappa shape index (κ1) is 19.7. The summed E-state index contributed by atoms with van der Waals surface area (Å²) in [5.74, 6) is 1.19. The van der Waals surface area contributed by atoms with E-state index < -0.39 is 6.10 Å². The monoisotopic (exact) mass is 378 g/mol. The fourth-order valence-electron chi connectivity index (χ4n) is 3.08. The summed E-state index contributed by atoms with van der Waals surface area (Å²) in [4.78, 5) is 17.1. The minimum absolute atomic E-state index is 0.216. The van der Waals surface area contributed by atoms with E-state index in [0.717, 1.165) is 34.2 Å². The van der Waals surface area contributed by atoms with Gasteiger partial charge in [0.25, 0.3) is 5.91 Å². The molecule has 1 atom stereocenters. The molecule has 0 spiro atoms. The normalized spacial score (nSPS) is 11.9. The van der Waals surface area contributed by atoms with Gasteiger partial charge in [0.15, 0.2) is 6.10 Å². The quantitative estimate of drug-likeness (QED) is 0.625. The number of ether oxygens (including phenoxy) is 2. The van der Waals surface area contributed by atoms with Gasteiger partial charge in [-0.05, 0) is 74.7 Å². The zero-order chi connectivity index (χ0) is 20.1. The average Bonchev–Trinajstić information content (AvgIpc) is 2.66. The zero-order valence-corrected chi connectivity index (χ0v) is 16.8. The molecule has 0 aliphatic rings. The zero-order valence-electron chi connectivity index (χ0n) is 16.8. The van der Waals surface area contributed by atoms with Gasteiger partial charge in [0.05, 0.1) is 12.3 Å². The molecule has 1 heterocycles. The lowest BCUT2D eigenvalue weighted by atomic mass is 10.1. The first-order valence-corrected chi connectivity index (χ1v) is 9.54. The van der Waals surface area contributed by atoms with Crippen LogP contribution in [0.15, 0.2) is 48.7 Å². The van der Waals surface area contributed by atoms with E-state index in [1.807, 2.05) is 50.2 Å². The molecule has 0 aliphatic heterocycles. The van der Waals surface area contributed by atoms with E-state index in [-0.39, 0.29) is 5.91 Å². The molecule has 1 N–H and O–H groups in total. The van der Waals surface area contributed by atoms with Crippen molar-refractivity contribution in [3.8, 4) is 11.5 Å². The maximum Gasteiger partial charge on any atom is 0.265 e. The lowest BCUT2D eigenvalue weighted by molar-refractivity contribution is -0.122. The third kappa shape index (κ3) is 4.60. The molecule has 3 rings (SSSR count). The van der Waals surface area contributed by atoms with Crippen molar-refractivity contribution < 1.29 is 14.3 Å². The van der Waals surface area contributed by atoms with E-state index in [9.17, 15) is 4.79 Å². The van der Waals surface area contributed by atoms with E-state index in [0.29, 0.717) is 18.0 Å². The number of hydrogen-bond donors (Lipinski definition) is 1. The van der Waals surface area contributed by atoms with Gasteiger partial charge >= 0.3 is 0 Å². The third-order valence-corrected chi connectivity index (χ3v) is 4.33. The van der Waals surface area contributed by atoms with Gasteiger partial charge in [-0.1, -0.05) is 13.0 Å². The number of carbonyl (C=O) groups excluding carboxylic acids is 1. The second-order valence-corrected chi connectivity index (χ2v) is 6.93. The van der Waals surface area contributed by atoms with Crippen LogP contribution in [0.1, 0.15) is 31.4 Å². The summed E-state index contributed by atoms with van der Waals surface area (Å²) in [7, 11) is 0. The van der Waals surface area contributed by atoms with E-state index in [2.05, 4.69) is 23.3 Å². The lowest BCUT2D eigenvalue weighted by Gasteiger charge is -2.17. The average molecular weight is 378 g/mol. The largest absolute Gasteiger partial charge is 0.491 e. The Morgan fingerprint density at radius 2 is 1.89 bits per heavy atom. The molecule has 0 bridgehead atoms. The minimum Gasteiger partial charge on any atom is -0.491 e. The van der Waals surface area contributed by atoms with E-state index >= 15 is 0 Å². The molecular formula is C23H26N2O3. The molecule has 0 saturated carbocycles. The smallest absolute Gasteiger partial charge is 0.265 e. The van der Waals surface area contributed by atoms with Crippen molar-refractivity contribution in [2.45, 2.75) is 40.2 Å². The van der Waals surface area contributed by atoms with Crippen molar-refractivity contribution in [1.82, 2.24) is 4.98 Å². The Hall–Kier alpha value is -3.08. The topological polar surface area (TPSA) is 60.5 Å². The minimum atomic E-state index is -0.635. The summed E-state index contributed by atoms with van der Waals surface area (Å²) in [6.07, 6.45) is 2.00. The molecule has 1 amide bonds. The first-order chi connectivity index (χ1) is 13.5. The number of amides is 1. The number of hydrogen-bond acceptors (Lipinski definition) is 4. The number of nitrogens with zero attached hydrogens (tertiary/aromatic N) is 1. The highest BCUT2D eigenvalue weighted by molar-refractivity contribution is 6.04. The highest BCUT2D eigenvalue weighted by Gasteiger charge is 2.17. The Kier molecular flexibility index (Phi) is 6.14. The molecule has 2 aromatic carbocycles. The predicted molar refractivity (Wildman–Crippen MR) is 112 cm³/mol. The van der Waals surface area contributed by atoms with Gasteiger partial charge in [0, 0.05) is 11.6 Å². The molecule has 3 aromatic rings. The highest BCUT2D eigenvalue weighted by Crippen LogP contribution is 2.30. The van der Waals surface area contributed by atoms with Crippen molar-refractivity contribution in [2.75, 3.05) is 11.9 Å². The molecule has 1 aromatic heterocycles. The van der Waals surface area contributed by atoms with Crippen LogP contribution in [0, 0.1) is 13.8 Å². The number of aromatic nitrogens is 1. The van der Waals surface area contributed by atoms with Gasteiger partial charge in [0.1, 0.15) is 17.0 Å². The fraction of sp³-hybridized carbons (Fsp3) is 0.304. The van der Waals surface area contributed by atoms with Crippen molar-refractivity contribution in [3.63, 3.8) is 0 Å². The summed E-state index contributed by atoms with van der Waals surface area (Å²) < 4.78 is 11.6. The second-order valence-electron chi connectivity index (χ2n) is 6.93. The number of carbonyl (C=O) groups is 1. The van der Waals surface area contributed by atoms with Crippen LogP contribution in [-0.4, -0.2) is 23.6 Å². The second kappa shape index (κ2) is 8.74. The molecule has 28 heavy (non-hydrogen) atoms. The van der Waals surface area contributed by atoms with Crippen LogP contribution in [0.3, 0.4) is 0 Å². The number of benzene rings is 2. The van der Waals surface area contributed by atoms with E-state index in [4.69, 9.17) is 9.47 Å². The Morgan fingerprint density at radius 1 is 1.14 bits per heavy atom. The van der Waals surface area contributed by atoms with Crippen LogP contribution in [0.5, 0.6) is 11.5 Å². The third-order valence-electron chi connectivity index (χ3n) is 4.33. The molecule has 0 fully saturated rings. The number of anilines is 1. The van der Waals surface area contributed by atoms with Crippen LogP contribution in [-0.2, 0) is 4.79 Å². The van der Waals surface area contributed by atoms with Crippen molar-refractivity contribution >= 4 is 22.5 Å². The van der Waals surface area contributed by atoms with Gasteiger partial charge in [-0.25, -0.2) is 0 Å². The summed E-state index contributed by atoms with van der Waals surface area (Å²) >= 11 is 0. The Balaban J connectivity index is 1.79. The van der Waals surface area contributed by atoms with Crippen molar-refractivity contribution in [3.05, 3.63) is 59.8 Å². The molecule has 0 radical (unpaired) electrons. The predicted octanol–water partition coefficient (Wildman–Crippen LogP) is 5.05. The van der Waals surface area contributed by atoms with Gasteiger partial charge < -0.3 is 14.8 Å². The maximum absolute atomic E-state index is 12.7. The number of rotatable bonds is 7. The van der Waals surface area contributed by atoms with Gasteiger partial charge in [-0.3, -0.25) is 9.78 Å². The fourth-order valence-corrected chi connectivity index (χ4v) is 3.08.